The molecule has 26 heavy (non-hydrogen) atoms. The number of hydrogen-bond acceptors (Lipinski definition) is 5. The Morgan fingerprint density at radius 1 is 1.00 bits per heavy atom. The van der Waals surface area contributed by atoms with Crippen molar-refractivity contribution in [3.63, 3.8) is 0 Å². The molecular formula is C20H20N4O2. The van der Waals surface area contributed by atoms with E-state index in [1.54, 1.807) is 0 Å². The topological polar surface area (TPSA) is 76.1 Å². The third-order valence-corrected chi connectivity index (χ3v) is 3.60. The summed E-state index contributed by atoms with van der Waals surface area (Å²) in [7, 11) is 1.49. The molecule has 0 fully saturated rings. The van der Waals surface area contributed by atoms with Gasteiger partial charge in [0.2, 0.25) is 5.91 Å². The van der Waals surface area contributed by atoms with Crippen LogP contribution >= 0.6 is 0 Å². The number of carbonyl (C=O) groups excluding carboxylic acids is 1. The van der Waals surface area contributed by atoms with Gasteiger partial charge in [-0.15, -0.1) is 0 Å². The number of hydrogen-bond donors (Lipinski definition) is 2. The Morgan fingerprint density at radius 3 is 2.54 bits per heavy atom. The number of amides is 1. The molecule has 0 atom stereocenters. The number of benzene rings is 2. The Balaban J connectivity index is 1.81. The predicted molar refractivity (Wildman–Crippen MR) is 102 cm³/mol. The van der Waals surface area contributed by atoms with Gasteiger partial charge in [0.15, 0.2) is 0 Å². The van der Waals surface area contributed by atoms with E-state index in [1.807, 2.05) is 67.6 Å². The van der Waals surface area contributed by atoms with Crippen molar-refractivity contribution in [1.29, 1.82) is 0 Å². The largest absolute Gasteiger partial charge is 0.375 e. The van der Waals surface area contributed by atoms with Crippen LogP contribution in [0.1, 0.15) is 5.82 Å². The van der Waals surface area contributed by atoms with Crippen LogP contribution in [0.25, 0.3) is 11.3 Å². The molecule has 6 nitrogen and oxygen atoms in total. The lowest BCUT2D eigenvalue weighted by atomic mass is 10.1. The van der Waals surface area contributed by atoms with Crippen molar-refractivity contribution in [1.82, 2.24) is 9.97 Å². The molecule has 1 amide bonds. The van der Waals surface area contributed by atoms with Crippen molar-refractivity contribution in [2.75, 3.05) is 24.4 Å². The highest BCUT2D eigenvalue weighted by Gasteiger charge is 2.06. The second-order valence-corrected chi connectivity index (χ2v) is 5.74. The summed E-state index contributed by atoms with van der Waals surface area (Å²) in [5.41, 5.74) is 3.38. The average Bonchev–Trinajstić information content (AvgIpc) is 2.62. The minimum Gasteiger partial charge on any atom is -0.375 e. The molecule has 0 radical (unpaired) electrons. The summed E-state index contributed by atoms with van der Waals surface area (Å²) >= 11 is 0. The first-order valence-electron chi connectivity index (χ1n) is 8.21. The van der Waals surface area contributed by atoms with Gasteiger partial charge in [-0.2, -0.15) is 0 Å². The summed E-state index contributed by atoms with van der Waals surface area (Å²) in [5, 5.41) is 6.05. The summed E-state index contributed by atoms with van der Waals surface area (Å²) < 4.78 is 4.83. The summed E-state index contributed by atoms with van der Waals surface area (Å²) in [6.07, 6.45) is 0. The number of ether oxygens (including phenoxy) is 1. The molecule has 0 bridgehead atoms. The molecule has 1 heterocycles. The first-order valence-corrected chi connectivity index (χ1v) is 8.21. The van der Waals surface area contributed by atoms with Gasteiger partial charge in [0.25, 0.3) is 0 Å². The molecule has 1 aromatic heterocycles. The molecule has 132 valence electrons. The Bertz CT molecular complexity index is 897. The number of methoxy groups -OCH3 is 1. The fraction of sp³-hybridized carbons (Fsp3) is 0.150. The van der Waals surface area contributed by atoms with Gasteiger partial charge in [-0.3, -0.25) is 4.79 Å². The van der Waals surface area contributed by atoms with E-state index in [2.05, 4.69) is 20.6 Å². The quantitative estimate of drug-likeness (QED) is 0.709. The van der Waals surface area contributed by atoms with E-state index in [9.17, 15) is 4.79 Å². The van der Waals surface area contributed by atoms with Crippen LogP contribution in [-0.2, 0) is 9.53 Å². The average molecular weight is 348 g/mol. The van der Waals surface area contributed by atoms with E-state index >= 15 is 0 Å². The molecule has 2 aromatic carbocycles. The van der Waals surface area contributed by atoms with Gasteiger partial charge in [0, 0.05) is 30.1 Å². The lowest BCUT2D eigenvalue weighted by molar-refractivity contribution is -0.119. The molecule has 3 rings (SSSR count). The number of carbonyl (C=O) groups is 1. The number of rotatable bonds is 6. The Morgan fingerprint density at radius 2 is 1.77 bits per heavy atom. The van der Waals surface area contributed by atoms with Crippen LogP contribution in [0.15, 0.2) is 60.7 Å². The number of anilines is 3. The second-order valence-electron chi connectivity index (χ2n) is 5.74. The molecule has 0 aliphatic rings. The van der Waals surface area contributed by atoms with Crippen molar-refractivity contribution in [3.8, 4) is 11.3 Å². The van der Waals surface area contributed by atoms with Crippen molar-refractivity contribution in [2.24, 2.45) is 0 Å². The van der Waals surface area contributed by atoms with Crippen LogP contribution in [0.2, 0.25) is 0 Å². The van der Waals surface area contributed by atoms with Gasteiger partial charge in [-0.1, -0.05) is 36.4 Å². The molecule has 3 aromatic rings. The summed E-state index contributed by atoms with van der Waals surface area (Å²) in [5.74, 6) is 1.17. The third-order valence-electron chi connectivity index (χ3n) is 3.60. The van der Waals surface area contributed by atoms with E-state index in [-0.39, 0.29) is 12.5 Å². The van der Waals surface area contributed by atoms with E-state index in [0.717, 1.165) is 16.9 Å². The van der Waals surface area contributed by atoms with Gasteiger partial charge in [-0.25, -0.2) is 9.97 Å². The highest BCUT2D eigenvalue weighted by molar-refractivity contribution is 5.92. The molecular weight excluding hydrogens is 328 g/mol. The van der Waals surface area contributed by atoms with Crippen LogP contribution < -0.4 is 10.6 Å². The zero-order chi connectivity index (χ0) is 18.4. The smallest absolute Gasteiger partial charge is 0.250 e. The molecule has 6 heteroatoms. The van der Waals surface area contributed by atoms with Gasteiger partial charge in [0.05, 0.1) is 5.69 Å². The van der Waals surface area contributed by atoms with E-state index < -0.39 is 0 Å². The van der Waals surface area contributed by atoms with Crippen LogP contribution in [-0.4, -0.2) is 29.6 Å². The van der Waals surface area contributed by atoms with Crippen LogP contribution in [0.5, 0.6) is 0 Å². The number of nitrogens with zero attached hydrogens (tertiary/aromatic N) is 2. The van der Waals surface area contributed by atoms with E-state index in [0.29, 0.717) is 17.3 Å². The minimum absolute atomic E-state index is 0.0171. The molecule has 0 aliphatic carbocycles. The molecule has 2 N–H and O–H groups in total. The summed E-state index contributed by atoms with van der Waals surface area (Å²) in [6.45, 7) is 1.88. The summed E-state index contributed by atoms with van der Waals surface area (Å²) in [6, 6.07) is 19.3. The Kier molecular flexibility index (Phi) is 5.56. The fourth-order valence-electron chi connectivity index (χ4n) is 2.54. The van der Waals surface area contributed by atoms with E-state index in [4.69, 9.17) is 4.74 Å². The first kappa shape index (κ1) is 17.6. The number of aromatic nitrogens is 2. The van der Waals surface area contributed by atoms with Crippen molar-refractivity contribution in [3.05, 3.63) is 66.5 Å². The second kappa shape index (κ2) is 8.22. The van der Waals surface area contributed by atoms with Crippen LogP contribution in [0.4, 0.5) is 17.2 Å². The summed E-state index contributed by atoms with van der Waals surface area (Å²) in [4.78, 5) is 20.6. The zero-order valence-corrected chi connectivity index (χ0v) is 14.7. The van der Waals surface area contributed by atoms with Gasteiger partial charge < -0.3 is 15.4 Å². The zero-order valence-electron chi connectivity index (χ0n) is 14.7. The number of nitrogens with one attached hydrogen (secondary N) is 2. The lowest BCUT2D eigenvalue weighted by Crippen LogP contribution is -2.17. The maximum atomic E-state index is 11.7. The highest BCUT2D eigenvalue weighted by atomic mass is 16.5. The predicted octanol–water partition coefficient (Wildman–Crippen LogP) is 3.78. The first-order chi connectivity index (χ1) is 12.6. The van der Waals surface area contributed by atoms with Gasteiger partial charge in [0.1, 0.15) is 18.2 Å². The van der Waals surface area contributed by atoms with Crippen molar-refractivity contribution >= 4 is 23.1 Å². The minimum atomic E-state index is -0.200. The van der Waals surface area contributed by atoms with Gasteiger partial charge >= 0.3 is 0 Å². The normalized spacial score (nSPS) is 10.4. The van der Waals surface area contributed by atoms with E-state index in [1.165, 1.54) is 7.11 Å². The lowest BCUT2D eigenvalue weighted by Gasteiger charge is -2.11. The Labute approximate surface area is 152 Å². The standard InChI is InChI=1S/C20H20N4O2/c1-14-21-18(15-7-4-3-5-8-15)12-19(22-14)23-16-9-6-10-17(11-16)24-20(25)13-26-2/h3-12H,13H2,1-2H3,(H,24,25)(H,21,22,23). The monoisotopic (exact) mass is 348 g/mol. The maximum absolute atomic E-state index is 11.7. The third kappa shape index (κ3) is 4.64. The highest BCUT2D eigenvalue weighted by Crippen LogP contribution is 2.23. The molecule has 0 saturated carbocycles. The molecule has 0 saturated heterocycles. The van der Waals surface area contributed by atoms with Crippen LogP contribution in [0.3, 0.4) is 0 Å². The van der Waals surface area contributed by atoms with Gasteiger partial charge in [-0.05, 0) is 25.1 Å². The molecule has 0 spiro atoms. The van der Waals surface area contributed by atoms with Crippen molar-refractivity contribution < 1.29 is 9.53 Å². The SMILES string of the molecule is COCC(=O)Nc1cccc(Nc2cc(-c3ccccc3)nc(C)n2)c1. The van der Waals surface area contributed by atoms with Crippen molar-refractivity contribution in [2.45, 2.75) is 6.92 Å². The Hall–Kier alpha value is -3.25. The molecule has 0 aliphatic heterocycles. The fourth-order valence-corrected chi connectivity index (χ4v) is 2.54. The van der Waals surface area contributed by atoms with Crippen LogP contribution in [0, 0.1) is 6.92 Å². The molecule has 0 unspecified atom stereocenters. The number of aryl methyl sites for hydroxylation is 1. The maximum Gasteiger partial charge on any atom is 0.250 e.